The third-order valence-corrected chi connectivity index (χ3v) is 4.16. The van der Waals surface area contributed by atoms with E-state index in [2.05, 4.69) is 24.2 Å². The molecular formula is C14H28N2O. The zero-order chi connectivity index (χ0) is 12.1. The Balaban J connectivity index is 1.54. The normalized spacial score (nSPS) is 29.1. The molecule has 0 amide bonds. The van der Waals surface area contributed by atoms with Gasteiger partial charge >= 0.3 is 0 Å². The minimum atomic E-state index is 0.750. The smallest absolute Gasteiger partial charge is 0.0593 e. The Morgan fingerprint density at radius 1 is 1.24 bits per heavy atom. The van der Waals surface area contributed by atoms with Crippen molar-refractivity contribution < 1.29 is 4.74 Å². The quantitative estimate of drug-likeness (QED) is 0.656. The maximum atomic E-state index is 5.70. The Hall–Kier alpha value is -0.120. The molecule has 2 fully saturated rings. The van der Waals surface area contributed by atoms with Crippen LogP contribution in [-0.2, 0) is 4.74 Å². The number of ether oxygens (including phenoxy) is 1. The summed E-state index contributed by atoms with van der Waals surface area (Å²) in [5, 5.41) is 3.56. The van der Waals surface area contributed by atoms with Gasteiger partial charge in [0.25, 0.3) is 0 Å². The molecule has 2 aliphatic rings. The van der Waals surface area contributed by atoms with E-state index in [1.54, 1.807) is 0 Å². The van der Waals surface area contributed by atoms with Crippen LogP contribution in [0.25, 0.3) is 0 Å². The van der Waals surface area contributed by atoms with E-state index in [-0.39, 0.29) is 0 Å². The summed E-state index contributed by atoms with van der Waals surface area (Å²) in [7, 11) is 2.25. The van der Waals surface area contributed by atoms with E-state index in [1.165, 1.54) is 32.1 Å². The number of hydrogen-bond acceptors (Lipinski definition) is 3. The number of nitrogens with zero attached hydrogens (tertiary/aromatic N) is 1. The van der Waals surface area contributed by atoms with Crippen molar-refractivity contribution in [3.63, 3.8) is 0 Å². The van der Waals surface area contributed by atoms with Crippen molar-refractivity contribution in [1.29, 1.82) is 0 Å². The predicted molar refractivity (Wildman–Crippen MR) is 71.3 cm³/mol. The van der Waals surface area contributed by atoms with Gasteiger partial charge in [-0.1, -0.05) is 6.92 Å². The molecule has 0 aromatic rings. The van der Waals surface area contributed by atoms with Gasteiger partial charge in [-0.2, -0.15) is 0 Å². The van der Waals surface area contributed by atoms with Crippen molar-refractivity contribution >= 4 is 0 Å². The zero-order valence-electron chi connectivity index (χ0n) is 11.5. The summed E-state index contributed by atoms with van der Waals surface area (Å²) >= 11 is 0. The van der Waals surface area contributed by atoms with Gasteiger partial charge in [0.05, 0.1) is 6.61 Å². The van der Waals surface area contributed by atoms with Crippen LogP contribution >= 0.6 is 0 Å². The SMILES string of the molecule is CCNC1CCC(N(C)CCOCC2CC2)C1. The van der Waals surface area contributed by atoms with E-state index in [1.807, 2.05) is 0 Å². The molecule has 2 unspecified atom stereocenters. The number of likely N-dealkylation sites (N-methyl/N-ethyl adjacent to an activating group) is 1. The first-order chi connectivity index (χ1) is 8.29. The first kappa shape index (κ1) is 13.3. The van der Waals surface area contributed by atoms with E-state index in [0.717, 1.165) is 44.3 Å². The minimum absolute atomic E-state index is 0.750. The summed E-state index contributed by atoms with van der Waals surface area (Å²) in [4.78, 5) is 2.49. The van der Waals surface area contributed by atoms with Crippen molar-refractivity contribution in [2.24, 2.45) is 5.92 Å². The van der Waals surface area contributed by atoms with E-state index >= 15 is 0 Å². The molecule has 3 nitrogen and oxygen atoms in total. The highest BCUT2D eigenvalue weighted by atomic mass is 16.5. The molecule has 0 bridgehead atoms. The lowest BCUT2D eigenvalue weighted by atomic mass is 10.2. The van der Waals surface area contributed by atoms with Crippen LogP contribution in [0.15, 0.2) is 0 Å². The Labute approximate surface area is 106 Å². The number of rotatable bonds is 8. The summed E-state index contributed by atoms with van der Waals surface area (Å²) in [6.45, 7) is 6.30. The molecule has 2 atom stereocenters. The second-order valence-electron chi connectivity index (χ2n) is 5.72. The van der Waals surface area contributed by atoms with Gasteiger partial charge in [0, 0.05) is 25.2 Å². The van der Waals surface area contributed by atoms with Gasteiger partial charge in [-0.3, -0.25) is 0 Å². The molecule has 1 N–H and O–H groups in total. The third kappa shape index (κ3) is 4.57. The summed E-state index contributed by atoms with van der Waals surface area (Å²) < 4.78 is 5.70. The van der Waals surface area contributed by atoms with Gasteiger partial charge in [-0.05, 0) is 51.6 Å². The lowest BCUT2D eigenvalue weighted by Crippen LogP contribution is -2.35. The molecule has 17 heavy (non-hydrogen) atoms. The summed E-state index contributed by atoms with van der Waals surface area (Å²) in [5.74, 6) is 0.893. The fourth-order valence-corrected chi connectivity index (χ4v) is 2.76. The van der Waals surface area contributed by atoms with Crippen molar-refractivity contribution in [1.82, 2.24) is 10.2 Å². The van der Waals surface area contributed by atoms with Crippen molar-refractivity contribution in [3.05, 3.63) is 0 Å². The molecule has 0 saturated heterocycles. The Morgan fingerprint density at radius 3 is 2.76 bits per heavy atom. The highest BCUT2D eigenvalue weighted by molar-refractivity contribution is 4.85. The van der Waals surface area contributed by atoms with Gasteiger partial charge in [0.15, 0.2) is 0 Å². The van der Waals surface area contributed by atoms with Crippen LogP contribution < -0.4 is 5.32 Å². The number of nitrogens with one attached hydrogen (secondary N) is 1. The molecule has 3 heteroatoms. The maximum Gasteiger partial charge on any atom is 0.0593 e. The molecule has 0 aliphatic heterocycles. The maximum absolute atomic E-state index is 5.70. The first-order valence-corrected chi connectivity index (χ1v) is 7.31. The van der Waals surface area contributed by atoms with Gasteiger partial charge < -0.3 is 15.0 Å². The molecule has 2 rings (SSSR count). The van der Waals surface area contributed by atoms with Gasteiger partial charge in [-0.15, -0.1) is 0 Å². The van der Waals surface area contributed by atoms with E-state index in [4.69, 9.17) is 4.74 Å². The molecule has 0 radical (unpaired) electrons. The Kier molecular flexibility index (Phi) is 5.26. The lowest BCUT2D eigenvalue weighted by molar-refractivity contribution is 0.0917. The highest BCUT2D eigenvalue weighted by Gasteiger charge is 2.26. The Morgan fingerprint density at radius 2 is 2.06 bits per heavy atom. The first-order valence-electron chi connectivity index (χ1n) is 7.31. The molecule has 0 spiro atoms. The van der Waals surface area contributed by atoms with Gasteiger partial charge in [0.2, 0.25) is 0 Å². The summed E-state index contributed by atoms with van der Waals surface area (Å²) in [6, 6.07) is 1.52. The van der Waals surface area contributed by atoms with Crippen LogP contribution in [0.4, 0.5) is 0 Å². The number of hydrogen-bond donors (Lipinski definition) is 1. The van der Waals surface area contributed by atoms with Crippen LogP contribution in [-0.4, -0.2) is 50.3 Å². The van der Waals surface area contributed by atoms with Gasteiger partial charge in [0.1, 0.15) is 0 Å². The van der Waals surface area contributed by atoms with Crippen LogP contribution in [0.2, 0.25) is 0 Å². The second-order valence-corrected chi connectivity index (χ2v) is 5.72. The van der Waals surface area contributed by atoms with E-state index in [9.17, 15) is 0 Å². The lowest BCUT2D eigenvalue weighted by Gasteiger charge is -2.24. The topological polar surface area (TPSA) is 24.5 Å². The standard InChI is InChI=1S/C14H28N2O/c1-3-15-13-6-7-14(10-13)16(2)8-9-17-11-12-4-5-12/h12-15H,3-11H2,1-2H3. The second kappa shape index (κ2) is 6.72. The molecule has 0 heterocycles. The molecule has 2 aliphatic carbocycles. The van der Waals surface area contributed by atoms with E-state index < -0.39 is 0 Å². The fraction of sp³-hybridized carbons (Fsp3) is 1.00. The predicted octanol–water partition coefficient (Wildman–Crippen LogP) is 1.88. The van der Waals surface area contributed by atoms with Crippen molar-refractivity contribution in [3.8, 4) is 0 Å². The van der Waals surface area contributed by atoms with E-state index in [0.29, 0.717) is 0 Å². The van der Waals surface area contributed by atoms with Crippen LogP contribution in [0.1, 0.15) is 39.0 Å². The van der Waals surface area contributed by atoms with Gasteiger partial charge in [-0.25, -0.2) is 0 Å². The third-order valence-electron chi connectivity index (χ3n) is 4.16. The molecular weight excluding hydrogens is 212 g/mol. The minimum Gasteiger partial charge on any atom is -0.380 e. The molecule has 2 saturated carbocycles. The van der Waals surface area contributed by atoms with Crippen molar-refractivity contribution in [2.45, 2.75) is 51.1 Å². The monoisotopic (exact) mass is 240 g/mol. The average Bonchev–Trinajstić information content (AvgIpc) is 3.03. The summed E-state index contributed by atoms with van der Waals surface area (Å²) in [5.41, 5.74) is 0. The molecule has 0 aromatic carbocycles. The van der Waals surface area contributed by atoms with Crippen LogP contribution in [0.3, 0.4) is 0 Å². The fourth-order valence-electron chi connectivity index (χ4n) is 2.76. The van der Waals surface area contributed by atoms with Crippen LogP contribution in [0.5, 0.6) is 0 Å². The zero-order valence-corrected chi connectivity index (χ0v) is 11.5. The largest absolute Gasteiger partial charge is 0.380 e. The highest BCUT2D eigenvalue weighted by Crippen LogP contribution is 2.28. The van der Waals surface area contributed by atoms with Crippen molar-refractivity contribution in [2.75, 3.05) is 33.4 Å². The average molecular weight is 240 g/mol. The molecule has 100 valence electrons. The van der Waals surface area contributed by atoms with Crippen LogP contribution in [0, 0.1) is 5.92 Å². The molecule has 0 aromatic heterocycles. The Bertz CT molecular complexity index is 218. The summed E-state index contributed by atoms with van der Waals surface area (Å²) in [6.07, 6.45) is 6.78.